The normalized spacial score (nSPS) is 10.8. The van der Waals surface area contributed by atoms with Crippen molar-refractivity contribution < 1.29 is 19.0 Å². The maximum absolute atomic E-state index is 12.6. The summed E-state index contributed by atoms with van der Waals surface area (Å²) in [5, 5.41) is 9.16. The summed E-state index contributed by atoms with van der Waals surface area (Å²) >= 11 is 0. The monoisotopic (exact) mass is 394 g/mol. The van der Waals surface area contributed by atoms with E-state index in [9.17, 15) is 14.4 Å². The van der Waals surface area contributed by atoms with Crippen molar-refractivity contribution in [3.63, 3.8) is 0 Å². The van der Waals surface area contributed by atoms with Gasteiger partial charge in [-0.05, 0) is 29.8 Å². The Kier molecular flexibility index (Phi) is 5.98. The maximum Gasteiger partial charge on any atom is 0.432 e. The fourth-order valence-corrected chi connectivity index (χ4v) is 2.63. The van der Waals surface area contributed by atoms with Crippen molar-refractivity contribution in [1.82, 2.24) is 15.3 Å². The first-order valence-corrected chi connectivity index (χ1v) is 8.77. The number of nitrogens with one attached hydrogen (secondary N) is 2. The average Bonchev–Trinajstić information content (AvgIpc) is 3.07. The molecule has 0 unspecified atom stereocenters. The zero-order chi connectivity index (χ0) is 20.8. The summed E-state index contributed by atoms with van der Waals surface area (Å²) in [6.07, 6.45) is 1.45. The smallest absolute Gasteiger partial charge is 0.432 e. The van der Waals surface area contributed by atoms with Gasteiger partial charge in [0.25, 0.3) is 0 Å². The van der Waals surface area contributed by atoms with E-state index in [1.165, 1.54) is 17.9 Å². The van der Waals surface area contributed by atoms with E-state index in [2.05, 4.69) is 15.6 Å². The van der Waals surface area contributed by atoms with Gasteiger partial charge < -0.3 is 10.1 Å². The van der Waals surface area contributed by atoms with Gasteiger partial charge in [-0.15, -0.1) is 4.68 Å². The quantitative estimate of drug-likeness (QED) is 0.347. The van der Waals surface area contributed by atoms with E-state index in [1.807, 2.05) is 0 Å². The number of rotatable bonds is 7. The van der Waals surface area contributed by atoms with Crippen LogP contribution in [0.3, 0.4) is 0 Å². The molecule has 0 atom stereocenters. The van der Waals surface area contributed by atoms with E-state index >= 15 is 0 Å². The maximum atomic E-state index is 12.6. The van der Waals surface area contributed by atoms with Gasteiger partial charge >= 0.3 is 17.2 Å². The van der Waals surface area contributed by atoms with Gasteiger partial charge in [0.1, 0.15) is 5.75 Å². The molecule has 0 aliphatic heterocycles. The van der Waals surface area contributed by atoms with Crippen LogP contribution in [0.25, 0.3) is 0 Å². The number of nitrogens with zero attached hydrogens (tertiary/aromatic N) is 3. The van der Waals surface area contributed by atoms with Crippen LogP contribution in [-0.4, -0.2) is 42.1 Å². The number of aromatic amines is 1. The molecule has 0 saturated heterocycles. The third-order valence-electron chi connectivity index (χ3n) is 4.16. The van der Waals surface area contributed by atoms with Crippen LogP contribution in [0.5, 0.6) is 5.75 Å². The Hall–Kier alpha value is -4.01. The molecule has 0 spiro atoms. The molecule has 2 aromatic carbocycles. The van der Waals surface area contributed by atoms with E-state index in [4.69, 9.17) is 4.74 Å². The molecule has 148 valence electrons. The Morgan fingerprint density at radius 2 is 1.86 bits per heavy atom. The molecule has 29 heavy (non-hydrogen) atoms. The van der Waals surface area contributed by atoms with Gasteiger partial charge in [-0.1, -0.05) is 40.6 Å². The van der Waals surface area contributed by atoms with Gasteiger partial charge in [0.05, 0.1) is 13.3 Å². The molecular weight excluding hydrogens is 374 g/mol. The molecule has 0 bridgehead atoms. The molecule has 0 radical (unpaired) electrons. The van der Waals surface area contributed by atoms with E-state index in [0.29, 0.717) is 11.3 Å². The Bertz CT molecular complexity index is 1100. The van der Waals surface area contributed by atoms with Crippen LogP contribution in [0.2, 0.25) is 0 Å². The minimum absolute atomic E-state index is 0.215. The van der Waals surface area contributed by atoms with E-state index in [1.54, 1.807) is 61.7 Å². The van der Waals surface area contributed by atoms with Gasteiger partial charge in [0, 0.05) is 17.4 Å². The van der Waals surface area contributed by atoms with Crippen LogP contribution in [0, 0.1) is 0 Å². The molecule has 0 fully saturated rings. The number of Topliss-reactive ketones (excluding diaryl/α,β-unsaturated/α-hetero) is 1. The molecule has 2 N–H and O–H groups in total. The van der Waals surface area contributed by atoms with Crippen LogP contribution in [0.4, 0.5) is 0 Å². The first-order valence-electron chi connectivity index (χ1n) is 8.77. The lowest BCUT2D eigenvalue weighted by Crippen LogP contribution is -2.48. The Morgan fingerprint density at radius 3 is 2.48 bits per heavy atom. The lowest BCUT2D eigenvalue weighted by atomic mass is 10.1. The summed E-state index contributed by atoms with van der Waals surface area (Å²) in [5.74, 6) is -0.183. The average molecular weight is 394 g/mol. The minimum atomic E-state index is -0.671. The number of hydrogen-bond donors (Lipinski definition) is 2. The van der Waals surface area contributed by atoms with Gasteiger partial charge in [0.15, 0.2) is 6.54 Å². The summed E-state index contributed by atoms with van der Waals surface area (Å²) in [6, 6.07) is 15.7. The number of aromatic nitrogens is 3. The molecule has 3 aromatic rings. The van der Waals surface area contributed by atoms with E-state index in [-0.39, 0.29) is 18.0 Å². The number of hydrogen-bond acceptors (Lipinski definition) is 5. The third-order valence-corrected chi connectivity index (χ3v) is 4.16. The van der Waals surface area contributed by atoms with Crippen LogP contribution < -0.4 is 20.3 Å². The number of carbonyl (C=O) groups is 2. The van der Waals surface area contributed by atoms with Crippen molar-refractivity contribution in [3.8, 4) is 5.75 Å². The highest BCUT2D eigenvalue weighted by atomic mass is 16.5. The largest absolute Gasteiger partial charge is 0.497 e. The SMILES string of the molecule is CNC(=O)c1c(=O)n(N=Cc2ccc(OC)cc2)[nH][n+]1CC(=O)c1ccccc1. The summed E-state index contributed by atoms with van der Waals surface area (Å²) in [5.41, 5.74) is 0.303. The summed E-state index contributed by atoms with van der Waals surface area (Å²) < 4.78 is 6.28. The molecule has 1 heterocycles. The third kappa shape index (κ3) is 4.46. The zero-order valence-electron chi connectivity index (χ0n) is 16.0. The van der Waals surface area contributed by atoms with Crippen LogP contribution in [0.15, 0.2) is 64.5 Å². The fraction of sp³-hybridized carbons (Fsp3) is 0.150. The van der Waals surface area contributed by atoms with E-state index < -0.39 is 11.5 Å². The highest BCUT2D eigenvalue weighted by Crippen LogP contribution is 2.09. The second kappa shape index (κ2) is 8.79. The molecule has 0 aliphatic carbocycles. The highest BCUT2D eigenvalue weighted by Gasteiger charge is 2.29. The number of ether oxygens (including phenoxy) is 1. The standard InChI is InChI=1S/C20H19N5O4/c1-21-19(27)18-20(28)25(22-12-14-8-10-16(29-2)11-9-14)23-24(18)13-17(26)15-6-4-3-5-7-15/h3-12H,13H2,1-2H3,(H-,21,23,27,28)/p+1. The topological polar surface area (TPSA) is 109 Å². The first-order chi connectivity index (χ1) is 14.0. The van der Waals surface area contributed by atoms with Crippen LogP contribution in [0.1, 0.15) is 26.4 Å². The number of ketones is 1. The van der Waals surface area contributed by atoms with Crippen molar-refractivity contribution in [2.75, 3.05) is 14.2 Å². The molecule has 3 rings (SSSR count). The van der Waals surface area contributed by atoms with Crippen molar-refractivity contribution in [2.24, 2.45) is 5.10 Å². The number of benzene rings is 2. The van der Waals surface area contributed by atoms with Crippen molar-refractivity contribution >= 4 is 17.9 Å². The lowest BCUT2D eigenvalue weighted by molar-refractivity contribution is -0.744. The molecule has 9 nitrogen and oxygen atoms in total. The van der Waals surface area contributed by atoms with E-state index in [0.717, 1.165) is 10.4 Å². The van der Waals surface area contributed by atoms with Crippen molar-refractivity contribution in [3.05, 3.63) is 81.8 Å². The van der Waals surface area contributed by atoms with Crippen molar-refractivity contribution in [2.45, 2.75) is 6.54 Å². The van der Waals surface area contributed by atoms with Gasteiger partial charge in [-0.2, -0.15) is 0 Å². The Morgan fingerprint density at radius 1 is 1.17 bits per heavy atom. The first kappa shape index (κ1) is 19.7. The summed E-state index contributed by atoms with van der Waals surface area (Å²) in [4.78, 5) is 38.2. The van der Waals surface area contributed by atoms with Crippen LogP contribution >= 0.6 is 0 Å². The van der Waals surface area contributed by atoms with Gasteiger partial charge in [-0.3, -0.25) is 9.59 Å². The molecule has 0 saturated carbocycles. The number of carbonyl (C=O) groups excluding carboxylic acids is 2. The number of methoxy groups -OCH3 is 1. The molecule has 9 heteroatoms. The molecule has 1 aromatic heterocycles. The summed E-state index contributed by atoms with van der Waals surface area (Å²) in [7, 11) is 2.97. The van der Waals surface area contributed by atoms with Crippen LogP contribution in [-0.2, 0) is 6.54 Å². The zero-order valence-corrected chi connectivity index (χ0v) is 16.0. The molecule has 0 aliphatic rings. The van der Waals surface area contributed by atoms with Gasteiger partial charge in [0.2, 0.25) is 5.78 Å². The lowest BCUT2D eigenvalue weighted by Gasteiger charge is -1.99. The Labute approximate surface area is 166 Å². The molecular formula is C20H20N5O4+. The predicted molar refractivity (Wildman–Crippen MR) is 105 cm³/mol. The van der Waals surface area contributed by atoms with Gasteiger partial charge in [-0.25, -0.2) is 4.79 Å². The number of H-pyrrole nitrogens is 1. The second-order valence-electron chi connectivity index (χ2n) is 6.04. The predicted octanol–water partition coefficient (Wildman–Crippen LogP) is 0.597. The fourth-order valence-electron chi connectivity index (χ4n) is 2.63. The minimum Gasteiger partial charge on any atom is -0.497 e. The summed E-state index contributed by atoms with van der Waals surface area (Å²) in [6.45, 7) is -0.215. The number of amides is 1. The molecule has 1 amide bonds. The second-order valence-corrected chi connectivity index (χ2v) is 6.04. The van der Waals surface area contributed by atoms with Crippen molar-refractivity contribution in [1.29, 1.82) is 0 Å². The Balaban J connectivity index is 1.92. The highest BCUT2D eigenvalue weighted by molar-refractivity contribution is 5.95.